The van der Waals surface area contributed by atoms with Gasteiger partial charge in [0.2, 0.25) is 0 Å². The van der Waals surface area contributed by atoms with Crippen LogP contribution in [-0.2, 0) is 6.42 Å². The summed E-state index contributed by atoms with van der Waals surface area (Å²) in [5.74, 6) is 5.78. The number of hydrazine groups is 1. The van der Waals surface area contributed by atoms with Gasteiger partial charge in [-0.3, -0.25) is 16.3 Å². The van der Waals surface area contributed by atoms with Gasteiger partial charge in [-0.2, -0.15) is 0 Å². The Balaban J connectivity index is 1.75. The Bertz CT molecular complexity index is 689. The monoisotopic (exact) mass is 297 g/mol. The van der Waals surface area contributed by atoms with Gasteiger partial charge in [-0.1, -0.05) is 30.3 Å². The van der Waals surface area contributed by atoms with Crippen molar-refractivity contribution < 1.29 is 0 Å². The maximum absolute atomic E-state index is 5.78. The molecule has 1 unspecified atom stereocenters. The zero-order chi connectivity index (χ0) is 14.5. The molecule has 0 aliphatic heterocycles. The standard InChI is InChI=1S/C17H19N3S/c18-20-16(10-2-7-14-8-4-12-21-14)15-9-1-5-13-6-3-11-19-17(13)15/h1,3-6,8-9,11-12,16,20H,2,7,10,18H2. The minimum atomic E-state index is 0.142. The summed E-state index contributed by atoms with van der Waals surface area (Å²) in [4.78, 5) is 5.95. The van der Waals surface area contributed by atoms with Crippen LogP contribution in [0.2, 0.25) is 0 Å². The molecule has 1 aromatic carbocycles. The molecule has 0 fully saturated rings. The maximum atomic E-state index is 5.78. The van der Waals surface area contributed by atoms with Gasteiger partial charge in [0.15, 0.2) is 0 Å². The van der Waals surface area contributed by atoms with Gasteiger partial charge in [-0.15, -0.1) is 11.3 Å². The molecule has 4 heteroatoms. The SMILES string of the molecule is NNC(CCCc1cccs1)c1cccc2cccnc12. The first-order valence-corrected chi connectivity index (χ1v) is 8.08. The second-order valence-corrected chi connectivity index (χ2v) is 6.15. The predicted octanol–water partition coefficient (Wildman–Crippen LogP) is 3.82. The van der Waals surface area contributed by atoms with Gasteiger partial charge in [0.05, 0.1) is 5.52 Å². The van der Waals surface area contributed by atoms with Crippen LogP contribution >= 0.6 is 11.3 Å². The van der Waals surface area contributed by atoms with E-state index in [1.54, 1.807) is 0 Å². The highest BCUT2D eigenvalue weighted by Gasteiger charge is 2.13. The summed E-state index contributed by atoms with van der Waals surface area (Å²) in [6, 6.07) is 14.8. The molecule has 21 heavy (non-hydrogen) atoms. The zero-order valence-electron chi connectivity index (χ0n) is 11.8. The molecule has 2 heterocycles. The van der Waals surface area contributed by atoms with Crippen LogP contribution in [0.5, 0.6) is 0 Å². The number of hydrogen-bond donors (Lipinski definition) is 2. The Labute approximate surface area is 128 Å². The van der Waals surface area contributed by atoms with Crippen LogP contribution in [0.15, 0.2) is 54.0 Å². The Kier molecular flexibility index (Phi) is 4.60. The van der Waals surface area contributed by atoms with Crippen LogP contribution in [0.25, 0.3) is 10.9 Å². The van der Waals surface area contributed by atoms with E-state index in [4.69, 9.17) is 5.84 Å². The van der Waals surface area contributed by atoms with Crippen LogP contribution in [0, 0.1) is 0 Å². The summed E-state index contributed by atoms with van der Waals surface area (Å²) >= 11 is 1.82. The summed E-state index contributed by atoms with van der Waals surface area (Å²) in [7, 11) is 0. The number of nitrogens with one attached hydrogen (secondary N) is 1. The highest BCUT2D eigenvalue weighted by atomic mass is 32.1. The number of thiophene rings is 1. The lowest BCUT2D eigenvalue weighted by Gasteiger charge is -2.17. The molecule has 0 bridgehead atoms. The molecular weight excluding hydrogens is 278 g/mol. The van der Waals surface area contributed by atoms with Crippen molar-refractivity contribution in [3.8, 4) is 0 Å². The highest BCUT2D eigenvalue weighted by molar-refractivity contribution is 7.09. The van der Waals surface area contributed by atoms with E-state index in [-0.39, 0.29) is 6.04 Å². The largest absolute Gasteiger partial charge is 0.271 e. The van der Waals surface area contributed by atoms with Gasteiger partial charge >= 0.3 is 0 Å². The van der Waals surface area contributed by atoms with Crippen molar-refractivity contribution in [2.24, 2.45) is 5.84 Å². The number of para-hydroxylation sites is 1. The van der Waals surface area contributed by atoms with Gasteiger partial charge < -0.3 is 0 Å². The summed E-state index contributed by atoms with van der Waals surface area (Å²) in [5.41, 5.74) is 5.18. The molecule has 0 saturated heterocycles. The highest BCUT2D eigenvalue weighted by Crippen LogP contribution is 2.26. The summed E-state index contributed by atoms with van der Waals surface area (Å²) < 4.78 is 0. The lowest BCUT2D eigenvalue weighted by Crippen LogP contribution is -2.28. The average Bonchev–Trinajstić information content (AvgIpc) is 3.05. The normalized spacial score (nSPS) is 12.6. The molecule has 0 aliphatic rings. The molecular formula is C17H19N3S. The Morgan fingerprint density at radius 3 is 2.86 bits per heavy atom. The van der Waals surface area contributed by atoms with Gasteiger partial charge in [0.1, 0.15) is 0 Å². The second-order valence-electron chi connectivity index (χ2n) is 5.11. The minimum Gasteiger partial charge on any atom is -0.271 e. The van der Waals surface area contributed by atoms with Crippen LogP contribution in [0.3, 0.4) is 0 Å². The number of aromatic nitrogens is 1. The molecule has 108 valence electrons. The predicted molar refractivity (Wildman–Crippen MR) is 89.1 cm³/mol. The minimum absolute atomic E-state index is 0.142. The van der Waals surface area contributed by atoms with Crippen molar-refractivity contribution in [3.05, 3.63) is 64.5 Å². The first kappa shape index (κ1) is 14.2. The number of benzene rings is 1. The number of nitrogens with zero attached hydrogens (tertiary/aromatic N) is 1. The topological polar surface area (TPSA) is 50.9 Å². The number of rotatable bonds is 6. The van der Waals surface area contributed by atoms with E-state index in [1.165, 1.54) is 10.4 Å². The van der Waals surface area contributed by atoms with E-state index < -0.39 is 0 Å². The molecule has 3 nitrogen and oxygen atoms in total. The van der Waals surface area contributed by atoms with Crippen LogP contribution in [0.1, 0.15) is 29.3 Å². The summed E-state index contributed by atoms with van der Waals surface area (Å²) in [6.45, 7) is 0. The first-order valence-electron chi connectivity index (χ1n) is 7.20. The fraction of sp³-hybridized carbons (Fsp3) is 0.235. The van der Waals surface area contributed by atoms with Crippen molar-refractivity contribution in [3.63, 3.8) is 0 Å². The lowest BCUT2D eigenvalue weighted by atomic mass is 9.98. The van der Waals surface area contributed by atoms with Crippen LogP contribution in [0.4, 0.5) is 0 Å². The van der Waals surface area contributed by atoms with E-state index in [0.717, 1.165) is 30.2 Å². The van der Waals surface area contributed by atoms with Crippen LogP contribution in [-0.4, -0.2) is 4.98 Å². The fourth-order valence-electron chi connectivity index (χ4n) is 2.67. The Morgan fingerprint density at radius 2 is 2.05 bits per heavy atom. The molecule has 2 aromatic heterocycles. The number of fused-ring (bicyclic) bond motifs is 1. The molecule has 0 aliphatic carbocycles. The third kappa shape index (κ3) is 3.29. The molecule has 0 spiro atoms. The zero-order valence-corrected chi connectivity index (χ0v) is 12.6. The third-order valence-corrected chi connectivity index (χ3v) is 4.67. The Morgan fingerprint density at radius 1 is 1.14 bits per heavy atom. The fourth-order valence-corrected chi connectivity index (χ4v) is 3.42. The van der Waals surface area contributed by atoms with Gasteiger partial charge in [0, 0.05) is 22.5 Å². The number of pyridine rings is 1. The smallest absolute Gasteiger partial charge is 0.0750 e. The maximum Gasteiger partial charge on any atom is 0.0750 e. The number of hydrogen-bond acceptors (Lipinski definition) is 4. The Hall–Kier alpha value is -1.75. The third-order valence-electron chi connectivity index (χ3n) is 3.74. The van der Waals surface area contributed by atoms with E-state index in [9.17, 15) is 0 Å². The van der Waals surface area contributed by atoms with Crippen molar-refractivity contribution in [1.82, 2.24) is 10.4 Å². The summed E-state index contributed by atoms with van der Waals surface area (Å²) in [5, 5.41) is 3.29. The van der Waals surface area contributed by atoms with Gasteiger partial charge in [-0.25, -0.2) is 0 Å². The van der Waals surface area contributed by atoms with Crippen molar-refractivity contribution >= 4 is 22.2 Å². The summed E-state index contributed by atoms with van der Waals surface area (Å²) in [6.07, 6.45) is 5.06. The molecule has 3 N–H and O–H groups in total. The van der Waals surface area contributed by atoms with Crippen molar-refractivity contribution in [1.29, 1.82) is 0 Å². The van der Waals surface area contributed by atoms with Crippen molar-refractivity contribution in [2.45, 2.75) is 25.3 Å². The first-order chi connectivity index (χ1) is 10.4. The van der Waals surface area contributed by atoms with E-state index in [0.29, 0.717) is 0 Å². The lowest BCUT2D eigenvalue weighted by molar-refractivity contribution is 0.502. The molecule has 3 rings (SSSR count). The number of aryl methyl sites for hydroxylation is 1. The molecule has 0 radical (unpaired) electrons. The molecule has 0 saturated carbocycles. The van der Waals surface area contributed by atoms with Crippen LogP contribution < -0.4 is 11.3 Å². The quantitative estimate of drug-likeness (QED) is 0.537. The second kappa shape index (κ2) is 6.80. The molecule has 1 atom stereocenters. The van der Waals surface area contributed by atoms with E-state index >= 15 is 0 Å². The number of nitrogens with two attached hydrogens (primary N) is 1. The molecule has 0 amide bonds. The van der Waals surface area contributed by atoms with Gasteiger partial charge in [0.25, 0.3) is 0 Å². The molecule has 3 aromatic rings. The van der Waals surface area contributed by atoms with E-state index in [2.05, 4.69) is 52.2 Å². The average molecular weight is 297 g/mol. The van der Waals surface area contributed by atoms with E-state index in [1.807, 2.05) is 23.6 Å². The van der Waals surface area contributed by atoms with Crippen molar-refractivity contribution in [2.75, 3.05) is 0 Å². The van der Waals surface area contributed by atoms with Gasteiger partial charge in [-0.05, 0) is 42.3 Å².